The van der Waals surface area contributed by atoms with E-state index in [2.05, 4.69) is 17.2 Å². The van der Waals surface area contributed by atoms with Crippen LogP contribution in [0.3, 0.4) is 0 Å². The Labute approximate surface area is 118 Å². The van der Waals surface area contributed by atoms with Crippen molar-refractivity contribution in [3.63, 3.8) is 0 Å². The molecule has 3 nitrogen and oxygen atoms in total. The third-order valence-electron chi connectivity index (χ3n) is 2.61. The number of aromatic nitrogens is 1. The van der Waals surface area contributed by atoms with Gasteiger partial charge >= 0.3 is 0 Å². The number of rotatable bonds is 6. The van der Waals surface area contributed by atoms with Crippen LogP contribution in [0.4, 0.5) is 5.69 Å². The Bertz CT molecular complexity index is 514. The summed E-state index contributed by atoms with van der Waals surface area (Å²) in [5.41, 5.74) is 2.06. The molecule has 0 unspecified atom stereocenters. The lowest BCUT2D eigenvalue weighted by Gasteiger charge is -2.09. The smallest absolute Gasteiger partial charge is 0.140 e. The van der Waals surface area contributed by atoms with E-state index in [0.29, 0.717) is 6.61 Å². The average molecular weight is 277 g/mol. The van der Waals surface area contributed by atoms with E-state index in [1.165, 1.54) is 0 Å². The van der Waals surface area contributed by atoms with E-state index in [-0.39, 0.29) is 0 Å². The lowest BCUT2D eigenvalue weighted by molar-refractivity contribution is 0.305. The molecule has 0 bridgehead atoms. The number of halogens is 1. The molecule has 0 spiro atoms. The summed E-state index contributed by atoms with van der Waals surface area (Å²) in [7, 11) is 0. The number of anilines is 1. The van der Waals surface area contributed by atoms with Crippen molar-refractivity contribution >= 4 is 17.3 Å². The zero-order valence-corrected chi connectivity index (χ0v) is 11.7. The third-order valence-corrected chi connectivity index (χ3v) is 2.86. The minimum Gasteiger partial charge on any atom is -0.487 e. The number of nitrogens with one attached hydrogen (secondary N) is 1. The molecule has 0 aliphatic heterocycles. The second-order valence-corrected chi connectivity index (χ2v) is 4.69. The molecule has 1 N–H and O–H groups in total. The van der Waals surface area contributed by atoms with E-state index in [9.17, 15) is 0 Å². The lowest BCUT2D eigenvalue weighted by Crippen LogP contribution is -2.01. The average Bonchev–Trinajstić information content (AvgIpc) is 2.45. The second-order valence-electron chi connectivity index (χ2n) is 4.25. The minimum atomic E-state index is 0.510. The molecule has 4 heteroatoms. The molecule has 0 saturated heterocycles. The summed E-state index contributed by atoms with van der Waals surface area (Å²) in [5.74, 6) is 0.760. The van der Waals surface area contributed by atoms with Gasteiger partial charge in [-0.2, -0.15) is 0 Å². The van der Waals surface area contributed by atoms with Gasteiger partial charge in [-0.15, -0.1) is 0 Å². The minimum absolute atomic E-state index is 0.510. The molecule has 19 heavy (non-hydrogen) atoms. The summed E-state index contributed by atoms with van der Waals surface area (Å²) in [4.78, 5) is 4.16. The van der Waals surface area contributed by atoms with Gasteiger partial charge in [-0.25, -0.2) is 0 Å². The van der Waals surface area contributed by atoms with Crippen molar-refractivity contribution in [2.24, 2.45) is 0 Å². The third kappa shape index (κ3) is 4.45. The molecule has 100 valence electrons. The highest BCUT2D eigenvalue weighted by Crippen LogP contribution is 2.17. The predicted molar refractivity (Wildman–Crippen MR) is 78.8 cm³/mol. The van der Waals surface area contributed by atoms with Gasteiger partial charge in [0.2, 0.25) is 0 Å². The van der Waals surface area contributed by atoms with Crippen LogP contribution in [0.1, 0.15) is 18.9 Å². The van der Waals surface area contributed by atoms with Crippen molar-refractivity contribution in [2.75, 3.05) is 11.9 Å². The van der Waals surface area contributed by atoms with Gasteiger partial charge in [-0.3, -0.25) is 4.98 Å². The highest BCUT2D eigenvalue weighted by molar-refractivity contribution is 6.30. The molecule has 2 aromatic rings. The predicted octanol–water partition coefficient (Wildman–Crippen LogP) is 4.14. The molecule has 0 fully saturated rings. The Hall–Kier alpha value is -1.74. The largest absolute Gasteiger partial charge is 0.487 e. The Morgan fingerprint density at radius 2 is 2.00 bits per heavy atom. The lowest BCUT2D eigenvalue weighted by atomic mass is 10.2. The van der Waals surface area contributed by atoms with Crippen molar-refractivity contribution in [3.8, 4) is 5.75 Å². The van der Waals surface area contributed by atoms with E-state index in [4.69, 9.17) is 16.3 Å². The first-order valence-corrected chi connectivity index (χ1v) is 6.72. The van der Waals surface area contributed by atoms with Crippen LogP contribution in [-0.4, -0.2) is 11.5 Å². The normalized spacial score (nSPS) is 10.2. The second kappa shape index (κ2) is 7.00. The number of nitrogens with zero attached hydrogens (tertiary/aromatic N) is 1. The quantitative estimate of drug-likeness (QED) is 0.861. The topological polar surface area (TPSA) is 34.2 Å². The van der Waals surface area contributed by atoms with Crippen molar-refractivity contribution in [3.05, 3.63) is 53.3 Å². The monoisotopic (exact) mass is 276 g/mol. The molecular formula is C15H17ClN2O. The fourth-order valence-electron chi connectivity index (χ4n) is 1.61. The van der Waals surface area contributed by atoms with Gasteiger partial charge in [0.1, 0.15) is 12.4 Å². The zero-order valence-electron chi connectivity index (χ0n) is 10.9. The molecule has 2 rings (SSSR count). The number of hydrogen-bond donors (Lipinski definition) is 1. The molecule has 1 aromatic carbocycles. The van der Waals surface area contributed by atoms with Crippen molar-refractivity contribution < 1.29 is 4.74 Å². The highest BCUT2D eigenvalue weighted by Gasteiger charge is 1.99. The number of pyridine rings is 1. The van der Waals surface area contributed by atoms with Crippen LogP contribution in [-0.2, 0) is 6.61 Å². The molecule has 0 aliphatic carbocycles. The van der Waals surface area contributed by atoms with Crippen molar-refractivity contribution in [2.45, 2.75) is 20.0 Å². The highest BCUT2D eigenvalue weighted by atomic mass is 35.5. The summed E-state index contributed by atoms with van der Waals surface area (Å²) in [5, 5.41) is 4.01. The van der Waals surface area contributed by atoms with Crippen LogP contribution in [0.2, 0.25) is 5.02 Å². The standard InChI is InChI=1S/C15H17ClN2O/c1-2-7-18-14-8-15(10-17-9-14)19-11-12-3-5-13(16)6-4-12/h3-6,8-10,18H,2,7,11H2,1H3. The maximum Gasteiger partial charge on any atom is 0.140 e. The van der Waals surface area contributed by atoms with E-state index < -0.39 is 0 Å². The maximum atomic E-state index is 5.84. The first-order valence-electron chi connectivity index (χ1n) is 6.34. The van der Waals surface area contributed by atoms with Crippen LogP contribution in [0.25, 0.3) is 0 Å². The maximum absolute atomic E-state index is 5.84. The number of hydrogen-bond acceptors (Lipinski definition) is 3. The molecule has 1 aromatic heterocycles. The van der Waals surface area contributed by atoms with Gasteiger partial charge in [-0.05, 0) is 24.1 Å². The molecule has 0 saturated carbocycles. The van der Waals surface area contributed by atoms with Crippen LogP contribution in [0.15, 0.2) is 42.7 Å². The fraction of sp³-hybridized carbons (Fsp3) is 0.267. The summed E-state index contributed by atoms with van der Waals surface area (Å²) in [6.45, 7) is 3.57. The molecule has 1 heterocycles. The SMILES string of the molecule is CCCNc1cncc(OCc2ccc(Cl)cc2)c1. The molecule has 0 amide bonds. The van der Waals surface area contributed by atoms with Gasteiger partial charge in [0.15, 0.2) is 0 Å². The summed E-state index contributed by atoms with van der Waals surface area (Å²) in [6, 6.07) is 9.58. The Morgan fingerprint density at radius 1 is 1.21 bits per heavy atom. The molecule has 0 aliphatic rings. The fourth-order valence-corrected chi connectivity index (χ4v) is 1.74. The summed E-state index contributed by atoms with van der Waals surface area (Å²) < 4.78 is 5.71. The Kier molecular flexibility index (Phi) is 5.04. The van der Waals surface area contributed by atoms with E-state index >= 15 is 0 Å². The molecule has 0 radical (unpaired) electrons. The number of ether oxygens (including phenoxy) is 1. The van der Waals surface area contributed by atoms with Gasteiger partial charge in [0, 0.05) is 17.6 Å². The van der Waals surface area contributed by atoms with Crippen LogP contribution in [0.5, 0.6) is 5.75 Å². The van der Waals surface area contributed by atoms with Crippen molar-refractivity contribution in [1.82, 2.24) is 4.98 Å². The van der Waals surface area contributed by atoms with Crippen LogP contribution in [0, 0.1) is 0 Å². The molecular weight excluding hydrogens is 260 g/mol. The van der Waals surface area contributed by atoms with Gasteiger partial charge < -0.3 is 10.1 Å². The zero-order chi connectivity index (χ0) is 13.5. The molecule has 0 atom stereocenters. The van der Waals surface area contributed by atoms with Gasteiger partial charge in [0.25, 0.3) is 0 Å². The van der Waals surface area contributed by atoms with Gasteiger partial charge in [0.05, 0.1) is 18.1 Å². The first-order chi connectivity index (χ1) is 9.28. The van der Waals surface area contributed by atoms with Crippen molar-refractivity contribution in [1.29, 1.82) is 0 Å². The number of benzene rings is 1. The Morgan fingerprint density at radius 3 is 2.74 bits per heavy atom. The summed E-state index contributed by atoms with van der Waals surface area (Å²) >= 11 is 5.84. The van der Waals surface area contributed by atoms with E-state index in [1.54, 1.807) is 12.4 Å². The van der Waals surface area contributed by atoms with Crippen LogP contribution < -0.4 is 10.1 Å². The van der Waals surface area contributed by atoms with E-state index in [0.717, 1.165) is 35.0 Å². The van der Waals surface area contributed by atoms with Gasteiger partial charge in [-0.1, -0.05) is 30.7 Å². The Balaban J connectivity index is 1.93. The first kappa shape index (κ1) is 13.7. The summed E-state index contributed by atoms with van der Waals surface area (Å²) in [6.07, 6.45) is 4.59. The van der Waals surface area contributed by atoms with E-state index in [1.807, 2.05) is 30.3 Å². The van der Waals surface area contributed by atoms with Crippen LogP contribution >= 0.6 is 11.6 Å².